The van der Waals surface area contributed by atoms with Gasteiger partial charge < -0.3 is 20.2 Å². The van der Waals surface area contributed by atoms with Crippen molar-refractivity contribution < 1.29 is 18.3 Å². The highest BCUT2D eigenvalue weighted by molar-refractivity contribution is 7.89. The Morgan fingerprint density at radius 1 is 1.05 bits per heavy atom. The molecule has 9 nitrogen and oxygen atoms in total. The number of carbonyl (C=O) groups is 1. The molecule has 4 aliphatic carbocycles. The molecule has 1 aromatic heterocycles. The average molecular weight is 596 g/mol. The molecule has 1 saturated heterocycles. The second kappa shape index (κ2) is 10.5. The van der Waals surface area contributed by atoms with Gasteiger partial charge in [-0.1, -0.05) is 6.07 Å². The number of sulfonamides is 1. The van der Waals surface area contributed by atoms with E-state index in [0.29, 0.717) is 28.3 Å². The first kappa shape index (κ1) is 29.4. The maximum atomic E-state index is 13.4. The number of hydrogen-bond acceptors (Lipinski definition) is 7. The molecule has 1 amide bonds. The zero-order valence-corrected chi connectivity index (χ0v) is 26.3. The fourth-order valence-electron chi connectivity index (χ4n) is 8.03. The Morgan fingerprint density at radius 2 is 1.71 bits per heavy atom. The van der Waals surface area contributed by atoms with Crippen molar-refractivity contribution in [3.8, 4) is 0 Å². The minimum Gasteiger partial charge on any atom is -0.390 e. The summed E-state index contributed by atoms with van der Waals surface area (Å²) < 4.78 is 27.5. The highest BCUT2D eigenvalue weighted by Crippen LogP contribution is 2.55. The molecular formula is C32H45N5O4S. The topological polar surface area (TPSA) is 106 Å². The van der Waals surface area contributed by atoms with Crippen molar-refractivity contribution in [2.45, 2.75) is 87.9 Å². The second-order valence-electron chi connectivity index (χ2n) is 14.2. The quantitative estimate of drug-likeness (QED) is 0.522. The number of aromatic nitrogens is 1. The molecule has 2 aromatic rings. The summed E-state index contributed by atoms with van der Waals surface area (Å²) in [5, 5.41) is 14.2. The largest absolute Gasteiger partial charge is 0.390 e. The van der Waals surface area contributed by atoms with Gasteiger partial charge in [0.1, 0.15) is 11.5 Å². The van der Waals surface area contributed by atoms with E-state index >= 15 is 0 Å². The lowest BCUT2D eigenvalue weighted by atomic mass is 9.52. The maximum absolute atomic E-state index is 13.4. The minimum atomic E-state index is -3.57. The van der Waals surface area contributed by atoms with E-state index in [4.69, 9.17) is 4.98 Å². The number of pyridine rings is 1. The van der Waals surface area contributed by atoms with E-state index in [1.807, 2.05) is 45.0 Å². The van der Waals surface area contributed by atoms with E-state index in [9.17, 15) is 18.3 Å². The number of benzene rings is 1. The molecule has 5 fully saturated rings. The number of carbonyl (C=O) groups excluding carboxylic acids is 1. The molecular weight excluding hydrogens is 550 g/mol. The van der Waals surface area contributed by atoms with Crippen molar-refractivity contribution >= 4 is 27.4 Å². The van der Waals surface area contributed by atoms with E-state index in [1.165, 1.54) is 4.31 Å². The van der Waals surface area contributed by atoms with E-state index in [0.717, 1.165) is 63.2 Å². The maximum Gasteiger partial charge on any atom is 0.270 e. The predicted molar refractivity (Wildman–Crippen MR) is 164 cm³/mol. The van der Waals surface area contributed by atoms with Gasteiger partial charge in [-0.15, -0.1) is 0 Å². The molecule has 1 aromatic carbocycles. The van der Waals surface area contributed by atoms with Gasteiger partial charge in [-0.2, -0.15) is 4.31 Å². The zero-order valence-electron chi connectivity index (χ0n) is 25.5. The molecule has 42 heavy (non-hydrogen) atoms. The van der Waals surface area contributed by atoms with Crippen molar-refractivity contribution in [3.05, 3.63) is 48.2 Å². The lowest BCUT2D eigenvalue weighted by Crippen LogP contribution is -2.61. The fourth-order valence-corrected chi connectivity index (χ4v) is 9.55. The summed E-state index contributed by atoms with van der Waals surface area (Å²) >= 11 is 0. The number of amides is 1. The van der Waals surface area contributed by atoms with Crippen LogP contribution in [0.1, 0.15) is 70.3 Å². The van der Waals surface area contributed by atoms with Crippen LogP contribution in [0.2, 0.25) is 0 Å². The summed E-state index contributed by atoms with van der Waals surface area (Å²) in [4.78, 5) is 22.9. The molecule has 3 atom stereocenters. The van der Waals surface area contributed by atoms with Gasteiger partial charge in [-0.3, -0.25) is 4.79 Å². The number of hydrogen-bond donors (Lipinski definition) is 2. The SMILES string of the molecule is C[C@@H]1CN(c2ccc(S(=O)(=O)N(C)C(C)(C)C)cc2)CCN1c1cccc(C(=O)NC2C3CC4CC2CC(O)(C4)C3)n1. The molecule has 10 heteroatoms. The lowest BCUT2D eigenvalue weighted by Gasteiger charge is -2.58. The Bertz CT molecular complexity index is 1420. The summed E-state index contributed by atoms with van der Waals surface area (Å²) in [6.07, 6.45) is 4.73. The van der Waals surface area contributed by atoms with Gasteiger partial charge in [0.05, 0.1) is 10.5 Å². The van der Waals surface area contributed by atoms with Gasteiger partial charge in [0.15, 0.2) is 0 Å². The normalized spacial score (nSPS) is 31.1. The van der Waals surface area contributed by atoms with E-state index in [-0.39, 0.29) is 18.0 Å². The Hall–Kier alpha value is -2.69. The molecule has 2 N–H and O–H groups in total. The van der Waals surface area contributed by atoms with E-state index in [2.05, 4.69) is 22.0 Å². The molecule has 2 unspecified atom stereocenters. The van der Waals surface area contributed by atoms with Crippen molar-refractivity contribution in [2.75, 3.05) is 36.5 Å². The number of nitrogens with zero attached hydrogens (tertiary/aromatic N) is 4. The van der Waals surface area contributed by atoms with Crippen LogP contribution >= 0.6 is 0 Å². The summed E-state index contributed by atoms with van der Waals surface area (Å²) in [5.41, 5.74) is 0.400. The Balaban J connectivity index is 1.10. The van der Waals surface area contributed by atoms with Crippen molar-refractivity contribution in [3.63, 3.8) is 0 Å². The Kier molecular flexibility index (Phi) is 7.34. The number of piperazine rings is 1. The van der Waals surface area contributed by atoms with Gasteiger partial charge >= 0.3 is 0 Å². The van der Waals surface area contributed by atoms with Gasteiger partial charge in [-0.05, 0) is 114 Å². The van der Waals surface area contributed by atoms with Crippen LogP contribution in [0.5, 0.6) is 0 Å². The van der Waals surface area contributed by atoms with Crippen LogP contribution < -0.4 is 15.1 Å². The smallest absolute Gasteiger partial charge is 0.270 e. The molecule has 0 spiro atoms. The van der Waals surface area contributed by atoms with Crippen molar-refractivity contribution in [1.29, 1.82) is 0 Å². The highest BCUT2D eigenvalue weighted by atomic mass is 32.2. The summed E-state index contributed by atoms with van der Waals surface area (Å²) in [6, 6.07) is 13.1. The Morgan fingerprint density at radius 3 is 2.31 bits per heavy atom. The van der Waals surface area contributed by atoms with Crippen LogP contribution in [-0.4, -0.2) is 78.6 Å². The first-order valence-corrected chi connectivity index (χ1v) is 16.8. The third-order valence-electron chi connectivity index (χ3n) is 10.2. The molecule has 228 valence electrons. The molecule has 2 heterocycles. The highest BCUT2D eigenvalue weighted by Gasteiger charge is 2.55. The van der Waals surface area contributed by atoms with Crippen molar-refractivity contribution in [2.24, 2.45) is 17.8 Å². The second-order valence-corrected chi connectivity index (χ2v) is 16.2. The van der Waals surface area contributed by atoms with E-state index < -0.39 is 21.2 Å². The van der Waals surface area contributed by atoms with Crippen LogP contribution in [0.25, 0.3) is 0 Å². The van der Waals surface area contributed by atoms with Gasteiger partial charge in [0, 0.05) is 50.0 Å². The van der Waals surface area contributed by atoms with Gasteiger partial charge in [0.25, 0.3) is 5.91 Å². The average Bonchev–Trinajstić information content (AvgIpc) is 2.93. The van der Waals surface area contributed by atoms with Crippen molar-refractivity contribution in [1.82, 2.24) is 14.6 Å². The molecule has 1 aliphatic heterocycles. The number of aliphatic hydroxyl groups is 1. The van der Waals surface area contributed by atoms with E-state index in [1.54, 1.807) is 25.2 Å². The molecule has 7 rings (SSSR count). The van der Waals surface area contributed by atoms with Crippen LogP contribution in [0.3, 0.4) is 0 Å². The first-order chi connectivity index (χ1) is 19.7. The standard InChI is InChI=1S/C32H45N5O4S/c1-21-20-36(25-9-11-26(12-10-25)42(40,41)35(5)31(2,3)4)13-14-37(21)28-8-6-7-27(33-28)30(38)34-29-23-15-22-16-24(29)19-32(39,17-22)18-23/h6-12,21-24,29,39H,13-20H2,1-5H3,(H,34,38)/t21-,22?,23?,24?,29?,32?/m1/s1. The minimum absolute atomic E-state index is 0.123. The number of rotatable bonds is 6. The molecule has 4 saturated carbocycles. The molecule has 5 aliphatic rings. The molecule has 0 radical (unpaired) electrons. The predicted octanol–water partition coefficient (Wildman–Crippen LogP) is 3.89. The third kappa shape index (κ3) is 5.42. The number of anilines is 2. The van der Waals surface area contributed by atoms with Crippen LogP contribution in [0.4, 0.5) is 11.5 Å². The Labute approximate surface area is 250 Å². The van der Waals surface area contributed by atoms with Gasteiger partial charge in [0.2, 0.25) is 10.0 Å². The number of nitrogens with one attached hydrogen (secondary N) is 1. The summed E-state index contributed by atoms with van der Waals surface area (Å²) in [6.45, 7) is 10.0. The summed E-state index contributed by atoms with van der Waals surface area (Å²) in [7, 11) is -1.96. The fraction of sp³-hybridized carbons (Fsp3) is 0.625. The lowest BCUT2D eigenvalue weighted by molar-refractivity contribution is -0.136. The zero-order chi connectivity index (χ0) is 30.0. The first-order valence-electron chi connectivity index (χ1n) is 15.3. The van der Waals surface area contributed by atoms with Crippen LogP contribution in [0, 0.1) is 17.8 Å². The van der Waals surface area contributed by atoms with Gasteiger partial charge in [-0.25, -0.2) is 13.4 Å². The molecule has 4 bridgehead atoms. The third-order valence-corrected chi connectivity index (χ3v) is 12.4. The van der Waals surface area contributed by atoms with Crippen LogP contribution in [0.15, 0.2) is 47.4 Å². The monoisotopic (exact) mass is 595 g/mol. The van der Waals surface area contributed by atoms with Crippen LogP contribution in [-0.2, 0) is 10.0 Å². The summed E-state index contributed by atoms with van der Waals surface area (Å²) in [5.74, 6) is 1.98.